The van der Waals surface area contributed by atoms with Crippen LogP contribution in [0.15, 0.2) is 47.4 Å². The molecule has 6 N–H and O–H groups in total. The summed E-state index contributed by atoms with van der Waals surface area (Å²) >= 11 is 0. The average Bonchev–Trinajstić information content (AvgIpc) is 3.01. The van der Waals surface area contributed by atoms with Crippen molar-refractivity contribution in [3.05, 3.63) is 47.9 Å². The minimum absolute atomic E-state index is 0.316. The quantitative estimate of drug-likeness (QED) is 0.332. The Labute approximate surface area is 145 Å². The van der Waals surface area contributed by atoms with E-state index in [1.165, 1.54) is 0 Å². The van der Waals surface area contributed by atoms with Gasteiger partial charge in [-0.1, -0.05) is 12.1 Å². The van der Waals surface area contributed by atoms with Gasteiger partial charge >= 0.3 is 0 Å². The third-order valence-electron chi connectivity index (χ3n) is 3.95. The summed E-state index contributed by atoms with van der Waals surface area (Å²) in [5, 5.41) is 4.00. The second-order valence-corrected chi connectivity index (χ2v) is 5.79. The maximum atomic E-state index is 6.03. The SMILES string of the molecule is CN/C(C)=C\C(N)=N/c1ncc(C)c(-c2c[nH]c3c(N)cccc23)n1. The molecule has 0 aliphatic rings. The summed E-state index contributed by atoms with van der Waals surface area (Å²) in [5.41, 5.74) is 17.2. The molecule has 0 saturated carbocycles. The van der Waals surface area contributed by atoms with Gasteiger partial charge in [0.2, 0.25) is 0 Å². The van der Waals surface area contributed by atoms with E-state index in [9.17, 15) is 0 Å². The van der Waals surface area contributed by atoms with Crippen molar-refractivity contribution < 1.29 is 0 Å². The summed E-state index contributed by atoms with van der Waals surface area (Å²) in [7, 11) is 1.82. The molecule has 7 heteroatoms. The topological polar surface area (TPSA) is 118 Å². The molecule has 128 valence electrons. The van der Waals surface area contributed by atoms with Gasteiger partial charge in [0.25, 0.3) is 5.95 Å². The molecule has 0 atom stereocenters. The van der Waals surface area contributed by atoms with E-state index in [2.05, 4.69) is 25.3 Å². The van der Waals surface area contributed by atoms with Crippen LogP contribution < -0.4 is 16.8 Å². The van der Waals surface area contributed by atoms with Crippen LogP contribution in [-0.4, -0.2) is 27.8 Å². The van der Waals surface area contributed by atoms with Crippen LogP contribution in [0, 0.1) is 6.92 Å². The van der Waals surface area contributed by atoms with Crippen LogP contribution in [0.2, 0.25) is 0 Å². The fourth-order valence-electron chi connectivity index (χ4n) is 2.57. The highest BCUT2D eigenvalue weighted by Gasteiger charge is 2.12. The molecule has 2 heterocycles. The number of anilines is 1. The fraction of sp³-hybridized carbons (Fsp3) is 0.167. The van der Waals surface area contributed by atoms with Gasteiger partial charge in [0.1, 0.15) is 5.84 Å². The highest BCUT2D eigenvalue weighted by molar-refractivity contribution is 6.00. The van der Waals surface area contributed by atoms with Crippen molar-refractivity contribution in [1.82, 2.24) is 20.3 Å². The molecule has 0 unspecified atom stereocenters. The first-order valence-corrected chi connectivity index (χ1v) is 7.89. The lowest BCUT2D eigenvalue weighted by Gasteiger charge is -2.05. The highest BCUT2D eigenvalue weighted by Crippen LogP contribution is 2.32. The number of para-hydroxylation sites is 1. The van der Waals surface area contributed by atoms with Crippen LogP contribution in [0.5, 0.6) is 0 Å². The molecule has 0 fully saturated rings. The van der Waals surface area contributed by atoms with Crippen LogP contribution in [0.1, 0.15) is 12.5 Å². The van der Waals surface area contributed by atoms with Gasteiger partial charge in [-0.25, -0.2) is 9.97 Å². The Bertz CT molecular complexity index is 982. The van der Waals surface area contributed by atoms with Crippen molar-refractivity contribution in [2.75, 3.05) is 12.8 Å². The molecule has 0 bridgehead atoms. The van der Waals surface area contributed by atoms with Crippen LogP contribution in [0.3, 0.4) is 0 Å². The molecule has 3 rings (SSSR count). The summed E-state index contributed by atoms with van der Waals surface area (Å²) < 4.78 is 0. The fourth-order valence-corrected chi connectivity index (χ4v) is 2.57. The third-order valence-corrected chi connectivity index (χ3v) is 3.95. The minimum Gasteiger partial charge on any atom is -0.397 e. The second-order valence-electron chi connectivity index (χ2n) is 5.79. The van der Waals surface area contributed by atoms with Crippen molar-refractivity contribution in [1.29, 1.82) is 0 Å². The number of aromatic nitrogens is 3. The molecule has 25 heavy (non-hydrogen) atoms. The van der Waals surface area contributed by atoms with Gasteiger partial charge in [0.15, 0.2) is 0 Å². The molecule has 1 aromatic carbocycles. The predicted molar refractivity (Wildman–Crippen MR) is 103 cm³/mol. The number of aryl methyl sites for hydroxylation is 1. The van der Waals surface area contributed by atoms with E-state index in [4.69, 9.17) is 11.5 Å². The predicted octanol–water partition coefficient (Wildman–Crippen LogP) is 2.63. The lowest BCUT2D eigenvalue weighted by molar-refractivity contribution is 0.992. The van der Waals surface area contributed by atoms with Gasteiger partial charge in [0.05, 0.1) is 16.9 Å². The molecule has 0 amide bonds. The van der Waals surface area contributed by atoms with Gasteiger partial charge in [0, 0.05) is 36.1 Å². The first kappa shape index (κ1) is 16.5. The Hall–Kier alpha value is -3.35. The number of rotatable bonds is 4. The highest BCUT2D eigenvalue weighted by atomic mass is 15.1. The van der Waals surface area contributed by atoms with Crippen LogP contribution >= 0.6 is 0 Å². The van der Waals surface area contributed by atoms with Crippen LogP contribution in [0.25, 0.3) is 22.2 Å². The number of aliphatic imine (C=N–C) groups is 1. The Kier molecular flexibility index (Phi) is 4.38. The van der Waals surface area contributed by atoms with Crippen molar-refractivity contribution >= 4 is 28.4 Å². The third kappa shape index (κ3) is 3.30. The number of amidine groups is 1. The molecule has 7 nitrogen and oxygen atoms in total. The van der Waals surface area contributed by atoms with E-state index in [1.54, 1.807) is 12.3 Å². The molecule has 0 aliphatic heterocycles. The second kappa shape index (κ2) is 6.64. The summed E-state index contributed by atoms with van der Waals surface area (Å²) in [6, 6.07) is 5.80. The van der Waals surface area contributed by atoms with E-state index in [-0.39, 0.29) is 0 Å². The van der Waals surface area contributed by atoms with Crippen molar-refractivity contribution in [2.45, 2.75) is 13.8 Å². The number of hydrogen-bond acceptors (Lipinski definition) is 5. The molecule has 0 radical (unpaired) electrons. The standard InChI is InChI=1S/C18H21N7/c1-10-8-23-18(24-15(20)7-11(2)21-3)25-16(10)13-9-22-17-12(13)5-4-6-14(17)19/h4-9,21-22H,19H2,1-3H3,(H2,20,23,24,25)/b11-7-. The number of nitrogen functional groups attached to an aromatic ring is 1. The molecular formula is C18H21N7. The number of fused-ring (bicyclic) bond motifs is 1. The molecule has 0 spiro atoms. The number of aromatic amines is 1. The van der Waals surface area contributed by atoms with Gasteiger partial charge in [-0.3, -0.25) is 0 Å². The zero-order valence-corrected chi connectivity index (χ0v) is 14.5. The number of nitrogens with zero attached hydrogens (tertiary/aromatic N) is 3. The Balaban J connectivity index is 2.08. The Morgan fingerprint density at radius 1 is 1.36 bits per heavy atom. The zero-order valence-electron chi connectivity index (χ0n) is 14.5. The van der Waals surface area contributed by atoms with Crippen molar-refractivity contribution in [3.8, 4) is 11.3 Å². The van der Waals surface area contributed by atoms with Crippen molar-refractivity contribution in [3.63, 3.8) is 0 Å². The number of hydrogen-bond donors (Lipinski definition) is 4. The average molecular weight is 335 g/mol. The first-order chi connectivity index (χ1) is 12.0. The molecule has 0 aliphatic carbocycles. The number of allylic oxidation sites excluding steroid dienone is 1. The lowest BCUT2D eigenvalue weighted by atomic mass is 10.1. The van der Waals surface area contributed by atoms with Crippen LogP contribution in [0.4, 0.5) is 11.6 Å². The summed E-state index contributed by atoms with van der Waals surface area (Å²) in [6.07, 6.45) is 5.38. The summed E-state index contributed by atoms with van der Waals surface area (Å²) in [5.74, 6) is 0.654. The maximum absolute atomic E-state index is 6.03. The number of nitrogens with two attached hydrogens (primary N) is 2. The maximum Gasteiger partial charge on any atom is 0.251 e. The number of H-pyrrole nitrogens is 1. The monoisotopic (exact) mass is 335 g/mol. The normalized spacial score (nSPS) is 12.6. The Morgan fingerprint density at radius 3 is 2.92 bits per heavy atom. The molecule has 3 aromatic rings. The Morgan fingerprint density at radius 2 is 2.16 bits per heavy atom. The van der Waals surface area contributed by atoms with Gasteiger partial charge in [-0.05, 0) is 31.6 Å². The van der Waals surface area contributed by atoms with E-state index >= 15 is 0 Å². The summed E-state index contributed by atoms with van der Waals surface area (Å²) in [4.78, 5) is 16.3. The van der Waals surface area contributed by atoms with Gasteiger partial charge in [-0.2, -0.15) is 4.99 Å². The lowest BCUT2D eigenvalue weighted by Crippen LogP contribution is -2.12. The molecular weight excluding hydrogens is 314 g/mol. The van der Waals surface area contributed by atoms with E-state index in [0.717, 1.165) is 33.4 Å². The smallest absolute Gasteiger partial charge is 0.251 e. The van der Waals surface area contributed by atoms with E-state index < -0.39 is 0 Å². The molecule has 0 saturated heterocycles. The van der Waals surface area contributed by atoms with E-state index in [0.29, 0.717) is 17.5 Å². The summed E-state index contributed by atoms with van der Waals surface area (Å²) in [6.45, 7) is 3.86. The first-order valence-electron chi connectivity index (χ1n) is 7.89. The van der Waals surface area contributed by atoms with Gasteiger partial charge < -0.3 is 21.8 Å². The number of benzene rings is 1. The van der Waals surface area contributed by atoms with E-state index in [1.807, 2.05) is 45.3 Å². The molecule has 2 aromatic heterocycles. The zero-order chi connectivity index (χ0) is 18.0. The van der Waals surface area contributed by atoms with Crippen LogP contribution in [-0.2, 0) is 0 Å². The minimum atomic E-state index is 0.316. The van der Waals surface area contributed by atoms with Crippen molar-refractivity contribution in [2.24, 2.45) is 10.7 Å². The van der Waals surface area contributed by atoms with Gasteiger partial charge in [-0.15, -0.1) is 0 Å². The number of nitrogens with one attached hydrogen (secondary N) is 2. The largest absolute Gasteiger partial charge is 0.397 e.